The molecule has 2 aliphatic rings. The first-order chi connectivity index (χ1) is 13.1. The van der Waals surface area contributed by atoms with Gasteiger partial charge in [0, 0.05) is 31.7 Å². The van der Waals surface area contributed by atoms with Crippen LogP contribution >= 0.6 is 0 Å². The predicted molar refractivity (Wildman–Crippen MR) is 101 cm³/mol. The van der Waals surface area contributed by atoms with Crippen LogP contribution in [0.15, 0.2) is 42.5 Å². The second-order valence-corrected chi connectivity index (χ2v) is 7.31. The fraction of sp³-hybridized carbons (Fsp3) is 0.364. The third kappa shape index (κ3) is 3.87. The summed E-state index contributed by atoms with van der Waals surface area (Å²) in [5.74, 6) is -0.230. The number of benzene rings is 2. The molecule has 2 aromatic carbocycles. The number of carbonyl (C=O) groups is 2. The Morgan fingerprint density at radius 2 is 1.52 bits per heavy atom. The Labute approximate surface area is 158 Å². The molecule has 4 rings (SSSR count). The van der Waals surface area contributed by atoms with E-state index in [0.29, 0.717) is 26.2 Å². The summed E-state index contributed by atoms with van der Waals surface area (Å²) in [5.41, 5.74) is 4.22. The van der Waals surface area contributed by atoms with E-state index in [1.165, 1.54) is 29.7 Å². The highest BCUT2D eigenvalue weighted by Gasteiger charge is 2.25. The molecule has 0 saturated carbocycles. The van der Waals surface area contributed by atoms with Gasteiger partial charge in [0.05, 0.1) is 6.42 Å². The smallest absolute Gasteiger partial charge is 0.253 e. The zero-order chi connectivity index (χ0) is 18.8. The Balaban J connectivity index is 1.33. The summed E-state index contributed by atoms with van der Waals surface area (Å²) in [4.78, 5) is 28.9. The number of rotatable bonds is 3. The predicted octanol–water partition coefficient (Wildman–Crippen LogP) is 2.84. The number of amides is 2. The molecule has 27 heavy (non-hydrogen) atoms. The van der Waals surface area contributed by atoms with Crippen molar-refractivity contribution in [3.05, 3.63) is 70.5 Å². The molecule has 1 fully saturated rings. The molecule has 1 saturated heterocycles. The zero-order valence-corrected chi connectivity index (χ0v) is 15.3. The highest BCUT2D eigenvalue weighted by Crippen LogP contribution is 2.23. The summed E-state index contributed by atoms with van der Waals surface area (Å²) in [6.45, 7) is 2.17. The molecular weight excluding hydrogens is 343 g/mol. The van der Waals surface area contributed by atoms with E-state index in [1.807, 2.05) is 17.0 Å². The van der Waals surface area contributed by atoms with Gasteiger partial charge in [-0.1, -0.05) is 18.2 Å². The molecule has 1 aliphatic heterocycles. The standard InChI is InChI=1S/C22H23FN2O2/c23-20-8-4-16(5-9-20)14-21(26)24-10-12-25(13-11-24)22(27)19-7-6-17-2-1-3-18(17)15-19/h4-9,15H,1-3,10-14H2. The minimum absolute atomic E-state index is 0.0197. The number of aryl methyl sites for hydroxylation is 2. The first-order valence-electron chi connectivity index (χ1n) is 9.53. The molecule has 0 spiro atoms. The van der Waals surface area contributed by atoms with Gasteiger partial charge in [-0.2, -0.15) is 0 Å². The highest BCUT2D eigenvalue weighted by atomic mass is 19.1. The Morgan fingerprint density at radius 3 is 2.26 bits per heavy atom. The van der Waals surface area contributed by atoms with Crippen LogP contribution in [0.1, 0.15) is 33.5 Å². The Kier molecular flexibility index (Phi) is 4.92. The number of hydrogen-bond acceptors (Lipinski definition) is 2. The normalized spacial score (nSPS) is 16.3. The van der Waals surface area contributed by atoms with E-state index in [4.69, 9.17) is 0 Å². The van der Waals surface area contributed by atoms with Crippen LogP contribution < -0.4 is 0 Å². The van der Waals surface area contributed by atoms with Crippen molar-refractivity contribution in [1.82, 2.24) is 9.80 Å². The molecule has 1 aliphatic carbocycles. The molecule has 0 N–H and O–H groups in total. The van der Waals surface area contributed by atoms with E-state index in [1.54, 1.807) is 17.0 Å². The van der Waals surface area contributed by atoms with Crippen molar-refractivity contribution in [3.63, 3.8) is 0 Å². The van der Waals surface area contributed by atoms with Gasteiger partial charge < -0.3 is 9.80 Å². The summed E-state index contributed by atoms with van der Waals surface area (Å²) >= 11 is 0. The Hall–Kier alpha value is -2.69. The van der Waals surface area contributed by atoms with Crippen molar-refractivity contribution in [2.45, 2.75) is 25.7 Å². The lowest BCUT2D eigenvalue weighted by atomic mass is 10.1. The van der Waals surface area contributed by atoms with Gasteiger partial charge >= 0.3 is 0 Å². The van der Waals surface area contributed by atoms with E-state index in [0.717, 1.165) is 24.0 Å². The maximum Gasteiger partial charge on any atom is 0.253 e. The summed E-state index contributed by atoms with van der Waals surface area (Å²) in [6, 6.07) is 12.1. The average Bonchev–Trinajstić information content (AvgIpc) is 3.17. The second-order valence-electron chi connectivity index (χ2n) is 7.31. The molecular formula is C22H23FN2O2. The maximum absolute atomic E-state index is 13.0. The first kappa shape index (κ1) is 17.7. The third-order valence-electron chi connectivity index (χ3n) is 5.53. The number of piperazine rings is 1. The van der Waals surface area contributed by atoms with E-state index < -0.39 is 0 Å². The van der Waals surface area contributed by atoms with E-state index in [-0.39, 0.29) is 24.1 Å². The number of carbonyl (C=O) groups excluding carboxylic acids is 2. The highest BCUT2D eigenvalue weighted by molar-refractivity contribution is 5.94. The zero-order valence-electron chi connectivity index (χ0n) is 15.3. The molecule has 5 heteroatoms. The first-order valence-corrected chi connectivity index (χ1v) is 9.53. The van der Waals surface area contributed by atoms with Crippen molar-refractivity contribution >= 4 is 11.8 Å². The minimum atomic E-state index is -0.301. The molecule has 0 radical (unpaired) electrons. The third-order valence-corrected chi connectivity index (χ3v) is 5.53. The van der Waals surface area contributed by atoms with Crippen molar-refractivity contribution in [3.8, 4) is 0 Å². The van der Waals surface area contributed by atoms with Crippen molar-refractivity contribution in [2.75, 3.05) is 26.2 Å². The molecule has 1 heterocycles. The quantitative estimate of drug-likeness (QED) is 0.838. The van der Waals surface area contributed by atoms with E-state index >= 15 is 0 Å². The number of nitrogens with zero attached hydrogens (tertiary/aromatic N) is 2. The lowest BCUT2D eigenvalue weighted by Gasteiger charge is -2.35. The van der Waals surface area contributed by atoms with Gasteiger partial charge in [0.15, 0.2) is 0 Å². The lowest BCUT2D eigenvalue weighted by molar-refractivity contribution is -0.131. The number of hydrogen-bond donors (Lipinski definition) is 0. The van der Waals surface area contributed by atoms with E-state index in [9.17, 15) is 14.0 Å². The summed E-state index contributed by atoms with van der Waals surface area (Å²) in [7, 11) is 0. The van der Waals surface area contributed by atoms with Crippen LogP contribution in [0.3, 0.4) is 0 Å². The Morgan fingerprint density at radius 1 is 0.852 bits per heavy atom. The minimum Gasteiger partial charge on any atom is -0.339 e. The topological polar surface area (TPSA) is 40.6 Å². The molecule has 140 valence electrons. The summed E-state index contributed by atoms with van der Waals surface area (Å²) in [6.07, 6.45) is 3.60. The van der Waals surface area contributed by atoms with Crippen LogP contribution in [0, 0.1) is 5.82 Å². The maximum atomic E-state index is 13.0. The van der Waals surface area contributed by atoms with Crippen LogP contribution in [0.25, 0.3) is 0 Å². The molecule has 2 amide bonds. The molecule has 4 nitrogen and oxygen atoms in total. The molecule has 0 unspecified atom stereocenters. The van der Waals surface area contributed by atoms with Crippen molar-refractivity contribution in [2.24, 2.45) is 0 Å². The van der Waals surface area contributed by atoms with Gasteiger partial charge in [0.25, 0.3) is 5.91 Å². The van der Waals surface area contributed by atoms with Gasteiger partial charge in [0.2, 0.25) is 5.91 Å². The fourth-order valence-corrected chi connectivity index (χ4v) is 3.94. The van der Waals surface area contributed by atoms with Crippen molar-refractivity contribution < 1.29 is 14.0 Å². The molecule has 0 atom stereocenters. The Bertz CT molecular complexity index is 855. The molecule has 0 bridgehead atoms. The monoisotopic (exact) mass is 366 g/mol. The number of fused-ring (bicyclic) bond motifs is 1. The van der Waals surface area contributed by atoms with E-state index in [2.05, 4.69) is 6.07 Å². The van der Waals surface area contributed by atoms with Gasteiger partial charge in [-0.25, -0.2) is 4.39 Å². The molecule has 0 aromatic heterocycles. The molecule has 2 aromatic rings. The summed E-state index contributed by atoms with van der Waals surface area (Å²) < 4.78 is 13.0. The SMILES string of the molecule is O=C(Cc1ccc(F)cc1)N1CCN(C(=O)c2ccc3c(c2)CCC3)CC1. The average molecular weight is 366 g/mol. The summed E-state index contributed by atoms with van der Waals surface area (Å²) in [5, 5.41) is 0. The fourth-order valence-electron chi connectivity index (χ4n) is 3.94. The second kappa shape index (κ2) is 7.51. The number of halogens is 1. The van der Waals surface area contributed by atoms with Crippen LogP contribution in [-0.2, 0) is 24.1 Å². The van der Waals surface area contributed by atoms with Crippen LogP contribution in [0.5, 0.6) is 0 Å². The van der Waals surface area contributed by atoms with Gasteiger partial charge in [-0.3, -0.25) is 9.59 Å². The largest absolute Gasteiger partial charge is 0.339 e. The van der Waals surface area contributed by atoms with Gasteiger partial charge in [-0.05, 0) is 60.2 Å². The lowest BCUT2D eigenvalue weighted by Crippen LogP contribution is -2.51. The van der Waals surface area contributed by atoms with Crippen LogP contribution in [0.2, 0.25) is 0 Å². The van der Waals surface area contributed by atoms with Crippen molar-refractivity contribution in [1.29, 1.82) is 0 Å². The van der Waals surface area contributed by atoms with Gasteiger partial charge in [-0.15, -0.1) is 0 Å². The van der Waals surface area contributed by atoms with Crippen LogP contribution in [-0.4, -0.2) is 47.8 Å². The van der Waals surface area contributed by atoms with Crippen LogP contribution in [0.4, 0.5) is 4.39 Å². The van der Waals surface area contributed by atoms with Gasteiger partial charge in [0.1, 0.15) is 5.82 Å².